The Hall–Kier alpha value is -0.320. The summed E-state index contributed by atoms with van der Waals surface area (Å²) in [5.74, 6) is -0.747. The highest BCUT2D eigenvalue weighted by molar-refractivity contribution is 6.42. The molecule has 16 heavy (non-hydrogen) atoms. The van der Waals surface area contributed by atoms with Crippen molar-refractivity contribution in [1.82, 2.24) is 0 Å². The van der Waals surface area contributed by atoms with Crippen LogP contribution in [-0.4, -0.2) is 19.8 Å². The lowest BCUT2D eigenvalue weighted by atomic mass is 10.0. The van der Waals surface area contributed by atoms with Crippen molar-refractivity contribution in [3.05, 3.63) is 33.8 Å². The Morgan fingerprint density at radius 1 is 1.19 bits per heavy atom. The standard InChI is InChI=1S/C11H13Cl2NO2/c12-9-2-1-8(7-10(9)13)11(3-4-14)15-5-6-16-11/h1-2,7H,3-6,14H2. The lowest BCUT2D eigenvalue weighted by Gasteiger charge is -2.27. The second-order valence-corrected chi connectivity index (χ2v) is 4.43. The molecule has 5 heteroatoms. The van der Waals surface area contributed by atoms with Gasteiger partial charge in [0, 0.05) is 12.0 Å². The van der Waals surface area contributed by atoms with Gasteiger partial charge < -0.3 is 15.2 Å². The van der Waals surface area contributed by atoms with Crippen LogP contribution in [0, 0.1) is 0 Å². The van der Waals surface area contributed by atoms with Crippen molar-refractivity contribution >= 4 is 23.2 Å². The first-order valence-corrected chi connectivity index (χ1v) is 5.87. The van der Waals surface area contributed by atoms with E-state index in [4.69, 9.17) is 38.4 Å². The maximum Gasteiger partial charge on any atom is 0.196 e. The van der Waals surface area contributed by atoms with Crippen LogP contribution in [0.3, 0.4) is 0 Å². The van der Waals surface area contributed by atoms with E-state index in [0.717, 1.165) is 5.56 Å². The number of halogens is 2. The molecule has 0 radical (unpaired) electrons. The highest BCUT2D eigenvalue weighted by Crippen LogP contribution is 2.37. The lowest BCUT2D eigenvalue weighted by Crippen LogP contribution is -2.30. The predicted octanol–water partition coefficient (Wildman–Crippen LogP) is 2.54. The second kappa shape index (κ2) is 4.90. The topological polar surface area (TPSA) is 44.5 Å². The molecular formula is C11H13Cl2NO2. The molecule has 0 bridgehead atoms. The van der Waals surface area contributed by atoms with Crippen LogP contribution in [-0.2, 0) is 15.3 Å². The summed E-state index contributed by atoms with van der Waals surface area (Å²) in [6.45, 7) is 1.63. The van der Waals surface area contributed by atoms with Crippen LogP contribution in [0.15, 0.2) is 18.2 Å². The van der Waals surface area contributed by atoms with Crippen molar-refractivity contribution in [2.75, 3.05) is 19.8 Å². The van der Waals surface area contributed by atoms with Gasteiger partial charge in [-0.05, 0) is 18.7 Å². The molecule has 1 aromatic carbocycles. The third-order valence-corrected chi connectivity index (χ3v) is 3.33. The Morgan fingerprint density at radius 3 is 2.44 bits per heavy atom. The molecule has 0 aliphatic carbocycles. The molecule has 2 rings (SSSR count). The van der Waals surface area contributed by atoms with Crippen molar-refractivity contribution < 1.29 is 9.47 Å². The van der Waals surface area contributed by atoms with Gasteiger partial charge in [0.15, 0.2) is 5.79 Å². The van der Waals surface area contributed by atoms with Gasteiger partial charge >= 0.3 is 0 Å². The van der Waals surface area contributed by atoms with E-state index >= 15 is 0 Å². The maximum atomic E-state index is 5.98. The van der Waals surface area contributed by atoms with Gasteiger partial charge in [-0.25, -0.2) is 0 Å². The molecule has 88 valence electrons. The zero-order valence-electron chi connectivity index (χ0n) is 8.71. The normalized spacial score (nSPS) is 18.9. The van der Waals surface area contributed by atoms with Gasteiger partial charge in [-0.15, -0.1) is 0 Å². The molecule has 0 saturated carbocycles. The Morgan fingerprint density at radius 2 is 1.88 bits per heavy atom. The molecule has 0 spiro atoms. The molecule has 0 aromatic heterocycles. The number of ether oxygens (including phenoxy) is 2. The fraction of sp³-hybridized carbons (Fsp3) is 0.455. The summed E-state index contributed by atoms with van der Waals surface area (Å²) < 4.78 is 11.3. The first kappa shape index (κ1) is 12.1. The average molecular weight is 262 g/mol. The minimum atomic E-state index is -0.747. The SMILES string of the molecule is NCCC1(c2ccc(Cl)c(Cl)c2)OCCO1. The summed E-state index contributed by atoms with van der Waals surface area (Å²) in [6, 6.07) is 5.36. The summed E-state index contributed by atoms with van der Waals surface area (Å²) in [5, 5.41) is 1.01. The van der Waals surface area contributed by atoms with E-state index in [1.54, 1.807) is 12.1 Å². The molecule has 1 aliphatic heterocycles. The van der Waals surface area contributed by atoms with Gasteiger partial charge in [0.2, 0.25) is 0 Å². The minimum absolute atomic E-state index is 0.486. The smallest absolute Gasteiger partial charge is 0.196 e. The number of hydrogen-bond donors (Lipinski definition) is 1. The Kier molecular flexibility index (Phi) is 3.72. The summed E-state index contributed by atoms with van der Waals surface area (Å²) in [6.07, 6.45) is 0.602. The minimum Gasteiger partial charge on any atom is -0.343 e. The Balaban J connectivity index is 2.35. The van der Waals surface area contributed by atoms with Crippen LogP contribution in [0.4, 0.5) is 0 Å². The first-order valence-electron chi connectivity index (χ1n) is 5.11. The highest BCUT2D eigenvalue weighted by Gasteiger charge is 2.37. The van der Waals surface area contributed by atoms with E-state index in [0.29, 0.717) is 36.2 Å². The molecule has 0 unspecified atom stereocenters. The van der Waals surface area contributed by atoms with E-state index in [-0.39, 0.29) is 0 Å². The second-order valence-electron chi connectivity index (χ2n) is 3.62. The van der Waals surface area contributed by atoms with Crippen LogP contribution in [0.1, 0.15) is 12.0 Å². The number of nitrogens with two attached hydrogens (primary N) is 1. The number of hydrogen-bond acceptors (Lipinski definition) is 3. The Labute approximate surface area is 104 Å². The predicted molar refractivity (Wildman–Crippen MR) is 63.7 cm³/mol. The molecule has 0 atom stereocenters. The molecule has 1 saturated heterocycles. The Bertz CT molecular complexity index is 378. The molecule has 1 aromatic rings. The summed E-state index contributed by atoms with van der Waals surface area (Å²) in [5.41, 5.74) is 6.45. The van der Waals surface area contributed by atoms with E-state index < -0.39 is 5.79 Å². The fourth-order valence-electron chi connectivity index (χ4n) is 1.83. The van der Waals surface area contributed by atoms with E-state index in [9.17, 15) is 0 Å². The van der Waals surface area contributed by atoms with Crippen LogP contribution in [0.25, 0.3) is 0 Å². The molecular weight excluding hydrogens is 249 g/mol. The van der Waals surface area contributed by atoms with Gasteiger partial charge in [0.25, 0.3) is 0 Å². The summed E-state index contributed by atoms with van der Waals surface area (Å²) in [4.78, 5) is 0. The highest BCUT2D eigenvalue weighted by atomic mass is 35.5. The van der Waals surface area contributed by atoms with Crippen molar-refractivity contribution in [3.8, 4) is 0 Å². The van der Waals surface area contributed by atoms with Crippen LogP contribution in [0.5, 0.6) is 0 Å². The van der Waals surface area contributed by atoms with Crippen LogP contribution < -0.4 is 5.73 Å². The molecule has 2 N–H and O–H groups in total. The van der Waals surface area contributed by atoms with Gasteiger partial charge in [-0.2, -0.15) is 0 Å². The largest absolute Gasteiger partial charge is 0.343 e. The van der Waals surface area contributed by atoms with E-state index in [1.807, 2.05) is 6.07 Å². The zero-order valence-corrected chi connectivity index (χ0v) is 10.2. The molecule has 3 nitrogen and oxygen atoms in total. The summed E-state index contributed by atoms with van der Waals surface area (Å²) in [7, 11) is 0. The van der Waals surface area contributed by atoms with Crippen molar-refractivity contribution in [2.45, 2.75) is 12.2 Å². The zero-order chi connectivity index (χ0) is 11.6. The molecule has 1 fully saturated rings. The van der Waals surface area contributed by atoms with Crippen LogP contribution >= 0.6 is 23.2 Å². The monoisotopic (exact) mass is 261 g/mol. The molecule has 0 amide bonds. The van der Waals surface area contributed by atoms with Crippen molar-refractivity contribution in [1.29, 1.82) is 0 Å². The molecule has 1 heterocycles. The van der Waals surface area contributed by atoms with Gasteiger partial charge in [-0.1, -0.05) is 29.3 Å². The lowest BCUT2D eigenvalue weighted by molar-refractivity contribution is -0.168. The van der Waals surface area contributed by atoms with Gasteiger partial charge in [-0.3, -0.25) is 0 Å². The first-order chi connectivity index (χ1) is 7.68. The average Bonchev–Trinajstić information content (AvgIpc) is 2.72. The third kappa shape index (κ3) is 2.19. The van der Waals surface area contributed by atoms with Gasteiger partial charge in [0.05, 0.1) is 23.3 Å². The maximum absolute atomic E-state index is 5.98. The summed E-state index contributed by atoms with van der Waals surface area (Å²) >= 11 is 11.9. The van der Waals surface area contributed by atoms with E-state index in [1.165, 1.54) is 0 Å². The van der Waals surface area contributed by atoms with Gasteiger partial charge in [0.1, 0.15) is 0 Å². The third-order valence-electron chi connectivity index (χ3n) is 2.59. The number of rotatable bonds is 3. The van der Waals surface area contributed by atoms with Crippen LogP contribution in [0.2, 0.25) is 10.0 Å². The number of benzene rings is 1. The van der Waals surface area contributed by atoms with Crippen molar-refractivity contribution in [2.24, 2.45) is 5.73 Å². The molecule has 1 aliphatic rings. The van der Waals surface area contributed by atoms with Crippen molar-refractivity contribution in [3.63, 3.8) is 0 Å². The van der Waals surface area contributed by atoms with E-state index in [2.05, 4.69) is 0 Å². The fourth-order valence-corrected chi connectivity index (χ4v) is 2.13. The quantitative estimate of drug-likeness (QED) is 0.910.